The molecular weight excluding hydrogens is 190 g/mol. The Morgan fingerprint density at radius 1 is 1.60 bits per heavy atom. The van der Waals surface area contributed by atoms with Crippen LogP contribution < -0.4 is 5.32 Å². The fourth-order valence-corrected chi connectivity index (χ4v) is 1.40. The second-order valence-corrected chi connectivity index (χ2v) is 4.11. The van der Waals surface area contributed by atoms with Gasteiger partial charge in [0, 0.05) is 31.9 Å². The Kier molecular flexibility index (Phi) is 4.78. The zero-order valence-corrected chi connectivity index (χ0v) is 9.77. The van der Waals surface area contributed by atoms with Crippen LogP contribution in [-0.2, 0) is 13.6 Å². The van der Waals surface area contributed by atoms with Crippen molar-refractivity contribution in [1.82, 2.24) is 15.1 Å². The fourth-order valence-electron chi connectivity index (χ4n) is 1.40. The highest BCUT2D eigenvalue weighted by Crippen LogP contribution is 2.06. The lowest BCUT2D eigenvalue weighted by molar-refractivity contribution is 0.113. The minimum Gasteiger partial charge on any atom is -0.392 e. The quantitative estimate of drug-likeness (QED) is 0.735. The number of nitrogens with zero attached hydrogens (tertiary/aromatic N) is 2. The Morgan fingerprint density at radius 3 is 2.87 bits per heavy atom. The summed E-state index contributed by atoms with van der Waals surface area (Å²) in [5.41, 5.74) is 1.15. The van der Waals surface area contributed by atoms with Crippen LogP contribution in [0.5, 0.6) is 0 Å². The van der Waals surface area contributed by atoms with Crippen molar-refractivity contribution in [3.05, 3.63) is 18.0 Å². The molecule has 0 aromatic carbocycles. The maximum absolute atomic E-state index is 9.72. The first kappa shape index (κ1) is 12.2. The minimum atomic E-state index is -0.258. The molecule has 0 spiro atoms. The molecule has 1 heterocycles. The van der Waals surface area contributed by atoms with Crippen LogP contribution in [0, 0.1) is 5.92 Å². The first-order chi connectivity index (χ1) is 7.13. The zero-order valence-electron chi connectivity index (χ0n) is 9.77. The molecule has 1 aromatic rings. The lowest BCUT2D eigenvalue weighted by Crippen LogP contribution is -2.31. The number of aliphatic hydroxyl groups excluding tert-OH is 1. The normalized spacial score (nSPS) is 15.2. The van der Waals surface area contributed by atoms with Gasteiger partial charge in [-0.2, -0.15) is 5.10 Å². The van der Waals surface area contributed by atoms with Gasteiger partial charge in [0.2, 0.25) is 0 Å². The van der Waals surface area contributed by atoms with E-state index in [-0.39, 0.29) is 6.10 Å². The maximum Gasteiger partial charge on any atom is 0.0690 e. The van der Waals surface area contributed by atoms with E-state index in [1.165, 1.54) is 0 Å². The smallest absolute Gasteiger partial charge is 0.0690 e. The SMILES string of the molecule is CCC(C)C(O)CNCc1cnn(C)c1. The monoisotopic (exact) mass is 211 g/mol. The largest absolute Gasteiger partial charge is 0.392 e. The first-order valence-electron chi connectivity index (χ1n) is 5.49. The fraction of sp³-hybridized carbons (Fsp3) is 0.727. The summed E-state index contributed by atoms with van der Waals surface area (Å²) in [7, 11) is 1.90. The molecular formula is C11H21N3O. The van der Waals surface area contributed by atoms with Crippen molar-refractivity contribution in [3.8, 4) is 0 Å². The molecule has 0 aliphatic heterocycles. The predicted molar refractivity (Wildman–Crippen MR) is 60.4 cm³/mol. The molecule has 0 saturated carbocycles. The van der Waals surface area contributed by atoms with Crippen molar-refractivity contribution >= 4 is 0 Å². The van der Waals surface area contributed by atoms with E-state index in [1.807, 2.05) is 19.4 Å². The van der Waals surface area contributed by atoms with Crippen molar-refractivity contribution < 1.29 is 5.11 Å². The number of aromatic nitrogens is 2. The van der Waals surface area contributed by atoms with Crippen LogP contribution >= 0.6 is 0 Å². The van der Waals surface area contributed by atoms with Gasteiger partial charge in [-0.1, -0.05) is 20.3 Å². The average molecular weight is 211 g/mol. The predicted octanol–water partition coefficient (Wildman–Crippen LogP) is 0.917. The van der Waals surface area contributed by atoms with Crippen molar-refractivity contribution in [2.24, 2.45) is 13.0 Å². The van der Waals surface area contributed by atoms with Crippen LogP contribution in [0.3, 0.4) is 0 Å². The number of hydrogen-bond acceptors (Lipinski definition) is 3. The summed E-state index contributed by atoms with van der Waals surface area (Å²) in [5.74, 6) is 0.353. The van der Waals surface area contributed by atoms with Crippen LogP contribution in [0.2, 0.25) is 0 Å². The van der Waals surface area contributed by atoms with Gasteiger partial charge in [0.05, 0.1) is 12.3 Å². The van der Waals surface area contributed by atoms with Crippen LogP contribution in [0.4, 0.5) is 0 Å². The molecule has 2 N–H and O–H groups in total. The number of hydrogen-bond donors (Lipinski definition) is 2. The molecule has 0 amide bonds. The Balaban J connectivity index is 2.21. The van der Waals surface area contributed by atoms with Crippen molar-refractivity contribution in [2.75, 3.05) is 6.54 Å². The van der Waals surface area contributed by atoms with Gasteiger partial charge in [-0.25, -0.2) is 0 Å². The van der Waals surface area contributed by atoms with E-state index < -0.39 is 0 Å². The molecule has 1 rings (SSSR count). The molecule has 1 aromatic heterocycles. The van der Waals surface area contributed by atoms with E-state index in [9.17, 15) is 5.11 Å². The highest BCUT2D eigenvalue weighted by Gasteiger charge is 2.11. The summed E-state index contributed by atoms with van der Waals surface area (Å²) in [4.78, 5) is 0. The van der Waals surface area contributed by atoms with Gasteiger partial charge in [-0.15, -0.1) is 0 Å². The summed E-state index contributed by atoms with van der Waals surface area (Å²) in [5, 5.41) is 17.0. The Morgan fingerprint density at radius 2 is 2.33 bits per heavy atom. The molecule has 2 atom stereocenters. The zero-order chi connectivity index (χ0) is 11.3. The molecule has 0 bridgehead atoms. The molecule has 15 heavy (non-hydrogen) atoms. The van der Waals surface area contributed by atoms with Crippen molar-refractivity contribution in [1.29, 1.82) is 0 Å². The Bertz CT molecular complexity index is 285. The van der Waals surface area contributed by atoms with E-state index in [1.54, 1.807) is 4.68 Å². The summed E-state index contributed by atoms with van der Waals surface area (Å²) in [6, 6.07) is 0. The van der Waals surface area contributed by atoms with E-state index in [4.69, 9.17) is 0 Å². The third kappa shape index (κ3) is 4.01. The van der Waals surface area contributed by atoms with Crippen molar-refractivity contribution in [2.45, 2.75) is 32.9 Å². The van der Waals surface area contributed by atoms with E-state index in [2.05, 4.69) is 24.3 Å². The van der Waals surface area contributed by atoms with Gasteiger partial charge in [-0.3, -0.25) is 4.68 Å². The maximum atomic E-state index is 9.72. The summed E-state index contributed by atoms with van der Waals surface area (Å²) in [6.45, 7) is 5.57. The molecule has 0 fully saturated rings. The Hall–Kier alpha value is -0.870. The van der Waals surface area contributed by atoms with Crippen LogP contribution in [-0.4, -0.2) is 27.5 Å². The average Bonchev–Trinajstić information content (AvgIpc) is 2.63. The van der Waals surface area contributed by atoms with Crippen molar-refractivity contribution in [3.63, 3.8) is 0 Å². The van der Waals surface area contributed by atoms with Gasteiger partial charge in [0.15, 0.2) is 0 Å². The van der Waals surface area contributed by atoms with Gasteiger partial charge in [0.1, 0.15) is 0 Å². The lowest BCUT2D eigenvalue weighted by atomic mass is 10.0. The van der Waals surface area contributed by atoms with Crippen LogP contribution in [0.25, 0.3) is 0 Å². The Labute approximate surface area is 91.3 Å². The van der Waals surface area contributed by atoms with Gasteiger partial charge < -0.3 is 10.4 Å². The topological polar surface area (TPSA) is 50.1 Å². The molecule has 2 unspecified atom stereocenters. The second kappa shape index (κ2) is 5.88. The minimum absolute atomic E-state index is 0.258. The molecule has 0 radical (unpaired) electrons. The molecule has 0 saturated heterocycles. The first-order valence-corrected chi connectivity index (χ1v) is 5.49. The van der Waals surface area contributed by atoms with Gasteiger partial charge in [-0.05, 0) is 5.92 Å². The molecule has 4 nitrogen and oxygen atoms in total. The third-order valence-corrected chi connectivity index (χ3v) is 2.74. The van der Waals surface area contributed by atoms with E-state index in [0.29, 0.717) is 12.5 Å². The standard InChI is InChI=1S/C11H21N3O/c1-4-9(2)11(15)7-12-5-10-6-13-14(3)8-10/h6,8-9,11-12,15H,4-5,7H2,1-3H3. The highest BCUT2D eigenvalue weighted by atomic mass is 16.3. The molecule has 86 valence electrons. The van der Waals surface area contributed by atoms with Gasteiger partial charge >= 0.3 is 0 Å². The van der Waals surface area contributed by atoms with Crippen LogP contribution in [0.15, 0.2) is 12.4 Å². The number of aliphatic hydroxyl groups is 1. The van der Waals surface area contributed by atoms with E-state index in [0.717, 1.165) is 18.5 Å². The summed E-state index contributed by atoms with van der Waals surface area (Å²) in [6.07, 6.45) is 4.56. The highest BCUT2D eigenvalue weighted by molar-refractivity contribution is 5.02. The van der Waals surface area contributed by atoms with Gasteiger partial charge in [0.25, 0.3) is 0 Å². The second-order valence-electron chi connectivity index (χ2n) is 4.11. The number of rotatable bonds is 6. The third-order valence-electron chi connectivity index (χ3n) is 2.74. The molecule has 0 aliphatic rings. The molecule has 0 aliphatic carbocycles. The molecule has 4 heteroatoms. The summed E-state index contributed by atoms with van der Waals surface area (Å²) < 4.78 is 1.78. The summed E-state index contributed by atoms with van der Waals surface area (Å²) >= 11 is 0. The number of aryl methyl sites for hydroxylation is 1. The number of nitrogens with one attached hydrogen (secondary N) is 1. The van der Waals surface area contributed by atoms with E-state index >= 15 is 0 Å². The van der Waals surface area contributed by atoms with Crippen LogP contribution in [0.1, 0.15) is 25.8 Å². The lowest BCUT2D eigenvalue weighted by Gasteiger charge is -2.17.